The van der Waals surface area contributed by atoms with Gasteiger partial charge in [0.2, 0.25) is 0 Å². The number of carbonyl (C=O) groups excluding carboxylic acids is 1. The molecule has 104 valence electrons. The van der Waals surface area contributed by atoms with Crippen LogP contribution < -0.4 is 5.32 Å². The van der Waals surface area contributed by atoms with Gasteiger partial charge in [-0.3, -0.25) is 0 Å². The Morgan fingerprint density at radius 3 is 2.11 bits per heavy atom. The van der Waals surface area contributed by atoms with E-state index in [-0.39, 0.29) is 11.7 Å². The number of amides is 1. The predicted octanol–water partition coefficient (Wildman–Crippen LogP) is 1.08. The Bertz CT molecular complexity index is 291. The zero-order valence-electron chi connectivity index (χ0n) is 11.2. The van der Waals surface area contributed by atoms with Crippen molar-refractivity contribution in [1.82, 2.24) is 10.2 Å². The number of rotatable bonds is 1. The molecule has 0 bridgehead atoms. The molecule has 0 aromatic rings. The van der Waals surface area contributed by atoms with Crippen molar-refractivity contribution in [3.05, 3.63) is 12.7 Å². The lowest BCUT2D eigenvalue weighted by Crippen LogP contribution is -2.48. The van der Waals surface area contributed by atoms with Crippen molar-refractivity contribution in [1.29, 1.82) is 0 Å². The second-order valence-corrected chi connectivity index (χ2v) is 4.76. The minimum absolute atomic E-state index is 0.200. The van der Waals surface area contributed by atoms with Crippen molar-refractivity contribution < 1.29 is 19.4 Å². The first-order valence-corrected chi connectivity index (χ1v) is 5.80. The molecule has 0 aromatic carbocycles. The minimum Gasteiger partial charge on any atom is -0.478 e. The second kappa shape index (κ2) is 7.71. The number of piperazine rings is 1. The van der Waals surface area contributed by atoms with Gasteiger partial charge in [-0.15, -0.1) is 0 Å². The van der Waals surface area contributed by atoms with Crippen molar-refractivity contribution >= 4 is 12.1 Å². The summed E-state index contributed by atoms with van der Waals surface area (Å²) in [5.74, 6) is -0.981. The molecule has 1 rings (SSSR count). The third kappa shape index (κ3) is 8.58. The fourth-order valence-corrected chi connectivity index (χ4v) is 1.17. The summed E-state index contributed by atoms with van der Waals surface area (Å²) >= 11 is 0. The highest BCUT2D eigenvalue weighted by Gasteiger charge is 2.22. The molecule has 1 aliphatic heterocycles. The van der Waals surface area contributed by atoms with Gasteiger partial charge in [-0.25, -0.2) is 9.59 Å². The number of ether oxygens (including phenoxy) is 1. The first-order valence-electron chi connectivity index (χ1n) is 5.80. The molecule has 6 heteroatoms. The Morgan fingerprint density at radius 2 is 1.78 bits per heavy atom. The van der Waals surface area contributed by atoms with E-state index < -0.39 is 5.97 Å². The van der Waals surface area contributed by atoms with Gasteiger partial charge in [0.25, 0.3) is 0 Å². The molecule has 2 N–H and O–H groups in total. The van der Waals surface area contributed by atoms with E-state index in [4.69, 9.17) is 9.84 Å². The Hall–Kier alpha value is -1.56. The zero-order valence-corrected chi connectivity index (χ0v) is 11.2. The molecule has 0 aliphatic carbocycles. The van der Waals surface area contributed by atoms with Gasteiger partial charge in [-0.05, 0) is 20.8 Å². The molecule has 6 nitrogen and oxygen atoms in total. The number of hydrogen-bond donors (Lipinski definition) is 2. The van der Waals surface area contributed by atoms with Crippen molar-refractivity contribution in [3.63, 3.8) is 0 Å². The van der Waals surface area contributed by atoms with Gasteiger partial charge < -0.3 is 20.1 Å². The van der Waals surface area contributed by atoms with E-state index in [1.807, 2.05) is 20.8 Å². The van der Waals surface area contributed by atoms with E-state index in [0.717, 1.165) is 32.3 Å². The number of aliphatic carboxylic acids is 1. The van der Waals surface area contributed by atoms with E-state index >= 15 is 0 Å². The molecule has 1 amide bonds. The Labute approximate surface area is 108 Å². The lowest BCUT2D eigenvalue weighted by Gasteiger charge is -2.30. The lowest BCUT2D eigenvalue weighted by molar-refractivity contribution is -0.131. The van der Waals surface area contributed by atoms with E-state index in [1.165, 1.54) is 0 Å². The normalized spacial score (nSPS) is 15.2. The SMILES string of the molecule is C=CC(=O)O.CC(C)(C)OC(=O)N1CCNCC1. The number of nitrogens with zero attached hydrogens (tertiary/aromatic N) is 1. The first kappa shape index (κ1) is 16.4. The number of hydrogen-bond acceptors (Lipinski definition) is 4. The highest BCUT2D eigenvalue weighted by atomic mass is 16.6. The van der Waals surface area contributed by atoms with Gasteiger partial charge in [-0.1, -0.05) is 6.58 Å². The summed E-state index contributed by atoms with van der Waals surface area (Å²) in [6.07, 6.45) is 0.633. The predicted molar refractivity (Wildman–Crippen MR) is 68.5 cm³/mol. The van der Waals surface area contributed by atoms with Gasteiger partial charge in [0.15, 0.2) is 0 Å². The average Bonchev–Trinajstić information content (AvgIpc) is 2.29. The van der Waals surface area contributed by atoms with Crippen LogP contribution in [0.2, 0.25) is 0 Å². The van der Waals surface area contributed by atoms with Gasteiger partial charge in [0.05, 0.1) is 0 Å². The number of carboxylic acid groups (broad SMARTS) is 1. The molecule has 1 aliphatic rings. The summed E-state index contributed by atoms with van der Waals surface area (Å²) in [6.45, 7) is 11.8. The monoisotopic (exact) mass is 258 g/mol. The van der Waals surface area contributed by atoms with Crippen LogP contribution in [0.1, 0.15) is 20.8 Å². The zero-order chi connectivity index (χ0) is 14.2. The van der Waals surface area contributed by atoms with Gasteiger partial charge in [0, 0.05) is 32.3 Å². The Morgan fingerprint density at radius 1 is 1.33 bits per heavy atom. The molecule has 1 fully saturated rings. The highest BCUT2D eigenvalue weighted by Crippen LogP contribution is 2.09. The van der Waals surface area contributed by atoms with Crippen LogP contribution in [0, 0.1) is 0 Å². The Kier molecular flexibility index (Phi) is 7.04. The molecule has 0 spiro atoms. The van der Waals surface area contributed by atoms with E-state index in [0.29, 0.717) is 0 Å². The summed E-state index contributed by atoms with van der Waals surface area (Å²) in [5.41, 5.74) is -0.387. The second-order valence-electron chi connectivity index (χ2n) is 4.76. The third-order valence-electron chi connectivity index (χ3n) is 1.94. The van der Waals surface area contributed by atoms with Crippen molar-refractivity contribution in [3.8, 4) is 0 Å². The van der Waals surface area contributed by atoms with Crippen LogP contribution in [0.15, 0.2) is 12.7 Å². The average molecular weight is 258 g/mol. The number of nitrogens with one attached hydrogen (secondary N) is 1. The summed E-state index contributed by atoms with van der Waals surface area (Å²) in [5, 5.41) is 10.8. The summed E-state index contributed by atoms with van der Waals surface area (Å²) < 4.78 is 5.24. The quantitative estimate of drug-likeness (QED) is 0.688. The lowest BCUT2D eigenvalue weighted by atomic mass is 10.2. The molecular weight excluding hydrogens is 236 g/mol. The van der Waals surface area contributed by atoms with Gasteiger partial charge in [0.1, 0.15) is 5.60 Å². The maximum absolute atomic E-state index is 11.5. The van der Waals surface area contributed by atoms with E-state index in [9.17, 15) is 9.59 Å². The van der Waals surface area contributed by atoms with Gasteiger partial charge in [-0.2, -0.15) is 0 Å². The molecule has 0 saturated carbocycles. The molecule has 0 unspecified atom stereocenters. The fraction of sp³-hybridized carbons (Fsp3) is 0.667. The molecule has 1 saturated heterocycles. The molecule has 0 radical (unpaired) electrons. The van der Waals surface area contributed by atoms with E-state index in [1.54, 1.807) is 4.90 Å². The topological polar surface area (TPSA) is 78.9 Å². The largest absolute Gasteiger partial charge is 0.478 e. The van der Waals surface area contributed by atoms with Crippen LogP contribution >= 0.6 is 0 Å². The van der Waals surface area contributed by atoms with Gasteiger partial charge >= 0.3 is 12.1 Å². The fourth-order valence-electron chi connectivity index (χ4n) is 1.17. The molecular formula is C12H22N2O4. The van der Waals surface area contributed by atoms with E-state index in [2.05, 4.69) is 11.9 Å². The van der Waals surface area contributed by atoms with Crippen LogP contribution in [0.3, 0.4) is 0 Å². The molecule has 1 heterocycles. The van der Waals surface area contributed by atoms with Crippen molar-refractivity contribution in [2.24, 2.45) is 0 Å². The summed E-state index contributed by atoms with van der Waals surface area (Å²) in [4.78, 5) is 22.5. The molecule has 0 aromatic heterocycles. The van der Waals surface area contributed by atoms with Crippen molar-refractivity contribution in [2.45, 2.75) is 26.4 Å². The minimum atomic E-state index is -0.981. The van der Waals surface area contributed by atoms with Crippen LogP contribution in [0.4, 0.5) is 4.79 Å². The smallest absolute Gasteiger partial charge is 0.410 e. The van der Waals surface area contributed by atoms with Crippen LogP contribution in [0.5, 0.6) is 0 Å². The number of carbonyl (C=O) groups is 2. The standard InChI is InChI=1S/C9H18N2O2.C3H4O2/c1-9(2,3)13-8(12)11-6-4-10-5-7-11;1-2-3(4)5/h10H,4-7H2,1-3H3;2H,1H2,(H,4,5). The maximum Gasteiger partial charge on any atom is 0.410 e. The van der Waals surface area contributed by atoms with Crippen LogP contribution in [-0.4, -0.2) is 53.8 Å². The van der Waals surface area contributed by atoms with Crippen molar-refractivity contribution in [2.75, 3.05) is 26.2 Å². The Balaban J connectivity index is 0.000000494. The third-order valence-corrected chi connectivity index (χ3v) is 1.94. The van der Waals surface area contributed by atoms with Crippen LogP contribution in [-0.2, 0) is 9.53 Å². The number of carboxylic acids is 1. The highest BCUT2D eigenvalue weighted by molar-refractivity contribution is 5.78. The maximum atomic E-state index is 11.5. The van der Waals surface area contributed by atoms with Crippen LogP contribution in [0.25, 0.3) is 0 Å². The first-order chi connectivity index (χ1) is 8.26. The molecule has 18 heavy (non-hydrogen) atoms. The summed E-state index contributed by atoms with van der Waals surface area (Å²) in [7, 11) is 0. The summed E-state index contributed by atoms with van der Waals surface area (Å²) in [6, 6.07) is 0. The molecule has 0 atom stereocenters.